The number of piperazine rings is 1. The molecule has 4 rings (SSSR count). The van der Waals surface area contributed by atoms with Gasteiger partial charge in [0.1, 0.15) is 5.76 Å². The molecular formula is C20H20N4O4S. The monoisotopic (exact) mass is 412 g/mol. The largest absolute Gasteiger partial charge is 0.440 e. The van der Waals surface area contributed by atoms with Crippen LogP contribution in [-0.4, -0.2) is 46.9 Å². The first-order chi connectivity index (χ1) is 14.0. The van der Waals surface area contributed by atoms with Gasteiger partial charge in [-0.15, -0.1) is 11.3 Å². The number of oxazole rings is 1. The number of anilines is 1. The van der Waals surface area contributed by atoms with Gasteiger partial charge in [0.2, 0.25) is 11.8 Å². The van der Waals surface area contributed by atoms with Gasteiger partial charge in [-0.05, 0) is 24.4 Å². The Hall–Kier alpha value is -3.20. The minimum atomic E-state index is -0.395. The lowest BCUT2D eigenvalue weighted by Gasteiger charge is -2.36. The highest BCUT2D eigenvalue weighted by molar-refractivity contribution is 7.13. The molecule has 0 aliphatic carbocycles. The lowest BCUT2D eigenvalue weighted by molar-refractivity contribution is -0.384. The molecule has 29 heavy (non-hydrogen) atoms. The highest BCUT2D eigenvalue weighted by atomic mass is 32.1. The molecule has 2 aromatic heterocycles. The van der Waals surface area contributed by atoms with Gasteiger partial charge in [-0.25, -0.2) is 4.98 Å². The number of aromatic nitrogens is 1. The van der Waals surface area contributed by atoms with Gasteiger partial charge in [0.25, 0.3) is 5.69 Å². The van der Waals surface area contributed by atoms with Gasteiger partial charge in [0.05, 0.1) is 21.9 Å². The number of thiophene rings is 1. The Kier molecular flexibility index (Phi) is 5.30. The average molecular weight is 412 g/mol. The first-order valence-corrected chi connectivity index (χ1v) is 10.2. The normalized spacial score (nSPS) is 14.2. The molecule has 0 saturated carbocycles. The zero-order valence-corrected chi connectivity index (χ0v) is 16.7. The van der Waals surface area contributed by atoms with E-state index in [0.29, 0.717) is 43.5 Å². The number of amides is 1. The van der Waals surface area contributed by atoms with Crippen LogP contribution < -0.4 is 4.90 Å². The molecule has 0 N–H and O–H groups in total. The minimum absolute atomic E-state index is 0.0119. The van der Waals surface area contributed by atoms with E-state index in [4.69, 9.17) is 4.42 Å². The van der Waals surface area contributed by atoms with Crippen molar-refractivity contribution >= 4 is 28.6 Å². The van der Waals surface area contributed by atoms with Crippen LogP contribution >= 0.6 is 11.3 Å². The summed E-state index contributed by atoms with van der Waals surface area (Å²) in [6.45, 7) is 4.22. The summed E-state index contributed by atoms with van der Waals surface area (Å²) in [5.41, 5.74) is 1.54. The third-order valence-electron chi connectivity index (χ3n) is 4.98. The van der Waals surface area contributed by atoms with Crippen molar-refractivity contribution in [3.05, 3.63) is 63.3 Å². The maximum absolute atomic E-state index is 12.7. The number of nitro groups is 1. The molecule has 1 fully saturated rings. The van der Waals surface area contributed by atoms with E-state index in [1.165, 1.54) is 6.07 Å². The molecule has 1 aliphatic heterocycles. The molecule has 3 heterocycles. The lowest BCUT2D eigenvalue weighted by atomic mass is 10.2. The van der Waals surface area contributed by atoms with Crippen LogP contribution in [0.2, 0.25) is 0 Å². The number of non-ortho nitro benzene ring substituents is 1. The van der Waals surface area contributed by atoms with Gasteiger partial charge < -0.3 is 14.2 Å². The SMILES string of the molecule is Cc1oc(-c2cccs2)nc1CC(=O)N1CCN(c2cccc([N+](=O)[O-])c2)CC1. The van der Waals surface area contributed by atoms with E-state index in [-0.39, 0.29) is 18.0 Å². The second kappa shape index (κ2) is 8.04. The molecule has 0 unspecified atom stereocenters. The second-order valence-corrected chi connectivity index (χ2v) is 7.77. The van der Waals surface area contributed by atoms with E-state index in [0.717, 1.165) is 10.6 Å². The Labute approximate surface area is 171 Å². The van der Waals surface area contributed by atoms with Crippen LogP contribution in [-0.2, 0) is 11.2 Å². The Balaban J connectivity index is 1.37. The van der Waals surface area contributed by atoms with Crippen molar-refractivity contribution in [2.24, 2.45) is 0 Å². The smallest absolute Gasteiger partial charge is 0.271 e. The lowest BCUT2D eigenvalue weighted by Crippen LogP contribution is -2.49. The fourth-order valence-corrected chi connectivity index (χ4v) is 4.02. The minimum Gasteiger partial charge on any atom is -0.440 e. The van der Waals surface area contributed by atoms with Crippen molar-refractivity contribution in [3.8, 4) is 10.8 Å². The summed E-state index contributed by atoms with van der Waals surface area (Å²) in [5, 5.41) is 12.9. The summed E-state index contributed by atoms with van der Waals surface area (Å²) in [6, 6.07) is 10.5. The number of carbonyl (C=O) groups is 1. The highest BCUT2D eigenvalue weighted by Gasteiger charge is 2.24. The molecule has 1 aliphatic rings. The van der Waals surface area contributed by atoms with Crippen LogP contribution in [0.3, 0.4) is 0 Å². The van der Waals surface area contributed by atoms with Gasteiger partial charge in [-0.1, -0.05) is 12.1 Å². The van der Waals surface area contributed by atoms with Crippen LogP contribution in [0.25, 0.3) is 10.8 Å². The van der Waals surface area contributed by atoms with Gasteiger partial charge >= 0.3 is 0 Å². The van der Waals surface area contributed by atoms with Crippen molar-refractivity contribution in [1.82, 2.24) is 9.88 Å². The maximum Gasteiger partial charge on any atom is 0.271 e. The molecule has 0 spiro atoms. The number of benzene rings is 1. The Morgan fingerprint density at radius 3 is 2.72 bits per heavy atom. The molecule has 1 saturated heterocycles. The second-order valence-electron chi connectivity index (χ2n) is 6.82. The van der Waals surface area contributed by atoms with Crippen molar-refractivity contribution in [2.45, 2.75) is 13.3 Å². The van der Waals surface area contributed by atoms with E-state index in [1.807, 2.05) is 35.4 Å². The van der Waals surface area contributed by atoms with Gasteiger partial charge in [-0.2, -0.15) is 0 Å². The molecule has 3 aromatic rings. The number of hydrogen-bond acceptors (Lipinski definition) is 7. The highest BCUT2D eigenvalue weighted by Crippen LogP contribution is 2.26. The molecule has 0 bridgehead atoms. The van der Waals surface area contributed by atoms with Crippen molar-refractivity contribution in [2.75, 3.05) is 31.1 Å². The molecule has 1 amide bonds. The van der Waals surface area contributed by atoms with Crippen LogP contribution in [0.15, 0.2) is 46.2 Å². The average Bonchev–Trinajstić information content (AvgIpc) is 3.38. The fourth-order valence-electron chi connectivity index (χ4n) is 3.37. The van der Waals surface area contributed by atoms with Crippen molar-refractivity contribution in [3.63, 3.8) is 0 Å². The molecular weight excluding hydrogens is 392 g/mol. The standard InChI is InChI=1S/C20H20N4O4S/c1-14-17(21-20(28-14)18-6-3-11-29-18)13-19(25)23-9-7-22(8-10-23)15-4-2-5-16(12-15)24(26)27/h2-6,11-12H,7-10,13H2,1H3. The Bertz CT molecular complexity index is 1020. The molecule has 1 aromatic carbocycles. The van der Waals surface area contributed by atoms with Crippen LogP contribution in [0, 0.1) is 17.0 Å². The number of nitro benzene ring substituents is 1. The Morgan fingerprint density at radius 1 is 1.24 bits per heavy atom. The zero-order chi connectivity index (χ0) is 20.4. The van der Waals surface area contributed by atoms with Crippen molar-refractivity contribution in [1.29, 1.82) is 0 Å². The van der Waals surface area contributed by atoms with E-state index >= 15 is 0 Å². The molecule has 0 radical (unpaired) electrons. The first-order valence-electron chi connectivity index (χ1n) is 9.28. The molecule has 8 nitrogen and oxygen atoms in total. The third-order valence-corrected chi connectivity index (χ3v) is 5.84. The van der Waals surface area contributed by atoms with Gasteiger partial charge in [0, 0.05) is 44.0 Å². The molecule has 9 heteroatoms. The van der Waals surface area contributed by atoms with E-state index in [1.54, 1.807) is 23.5 Å². The Morgan fingerprint density at radius 2 is 2.03 bits per heavy atom. The third kappa shape index (κ3) is 4.14. The van der Waals surface area contributed by atoms with Crippen LogP contribution in [0.1, 0.15) is 11.5 Å². The predicted molar refractivity (Wildman–Crippen MR) is 110 cm³/mol. The first kappa shape index (κ1) is 19.1. The van der Waals surface area contributed by atoms with Crippen LogP contribution in [0.4, 0.5) is 11.4 Å². The topological polar surface area (TPSA) is 92.7 Å². The number of hydrogen-bond donors (Lipinski definition) is 0. The van der Waals surface area contributed by atoms with E-state index < -0.39 is 4.92 Å². The summed E-state index contributed by atoms with van der Waals surface area (Å²) in [5.74, 6) is 1.23. The summed E-state index contributed by atoms with van der Waals surface area (Å²) >= 11 is 1.55. The number of aryl methyl sites for hydroxylation is 1. The zero-order valence-electron chi connectivity index (χ0n) is 15.9. The quantitative estimate of drug-likeness (QED) is 0.470. The summed E-state index contributed by atoms with van der Waals surface area (Å²) < 4.78 is 5.72. The van der Waals surface area contributed by atoms with Crippen molar-refractivity contribution < 1.29 is 14.1 Å². The summed E-state index contributed by atoms with van der Waals surface area (Å²) in [7, 11) is 0. The number of carbonyl (C=O) groups excluding carboxylic acids is 1. The number of rotatable bonds is 5. The van der Waals surface area contributed by atoms with E-state index in [9.17, 15) is 14.9 Å². The number of nitrogens with zero attached hydrogens (tertiary/aromatic N) is 4. The summed E-state index contributed by atoms with van der Waals surface area (Å²) in [4.78, 5) is 32.6. The van der Waals surface area contributed by atoms with Crippen LogP contribution in [0.5, 0.6) is 0 Å². The fraction of sp³-hybridized carbons (Fsp3) is 0.300. The van der Waals surface area contributed by atoms with E-state index in [2.05, 4.69) is 9.88 Å². The van der Waals surface area contributed by atoms with Gasteiger partial charge in [0.15, 0.2) is 0 Å². The summed E-state index contributed by atoms with van der Waals surface area (Å²) in [6.07, 6.45) is 0.206. The molecule has 0 atom stereocenters. The van der Waals surface area contributed by atoms with Gasteiger partial charge in [-0.3, -0.25) is 14.9 Å². The molecule has 150 valence electrons. The predicted octanol–water partition coefficient (Wildman–Crippen LogP) is 3.51. The maximum atomic E-state index is 12.7.